The summed E-state index contributed by atoms with van der Waals surface area (Å²) in [4.78, 5) is 3.94. The van der Waals surface area contributed by atoms with Crippen molar-refractivity contribution in [2.24, 2.45) is 5.73 Å². The second-order valence-electron chi connectivity index (χ2n) is 3.89. The quantitative estimate of drug-likeness (QED) is 0.910. The first-order valence-electron chi connectivity index (χ1n) is 5.40. The largest absolute Gasteiger partial charge is 0.436 e. The number of rotatable bonds is 3. The molecule has 94 valence electrons. The Morgan fingerprint density at radius 2 is 2.00 bits per heavy atom. The number of benzene rings is 1. The summed E-state index contributed by atoms with van der Waals surface area (Å²) in [5.41, 5.74) is 6.54. The van der Waals surface area contributed by atoms with E-state index in [4.69, 9.17) is 10.5 Å². The van der Waals surface area contributed by atoms with Crippen LogP contribution in [0.5, 0.6) is 11.6 Å². The average molecular weight is 250 g/mol. The highest BCUT2D eigenvalue weighted by atomic mass is 19.1. The van der Waals surface area contributed by atoms with Gasteiger partial charge in [-0.05, 0) is 30.7 Å². The van der Waals surface area contributed by atoms with Crippen LogP contribution < -0.4 is 10.5 Å². The number of pyridine rings is 1. The molecular formula is C13H12F2N2O. The van der Waals surface area contributed by atoms with E-state index < -0.39 is 11.6 Å². The van der Waals surface area contributed by atoms with Crippen molar-refractivity contribution < 1.29 is 13.5 Å². The molecule has 0 aliphatic rings. The van der Waals surface area contributed by atoms with Crippen LogP contribution in [-0.4, -0.2) is 4.98 Å². The molecule has 0 fully saturated rings. The molecule has 2 N–H and O–H groups in total. The van der Waals surface area contributed by atoms with Crippen molar-refractivity contribution in [1.29, 1.82) is 0 Å². The second-order valence-corrected chi connectivity index (χ2v) is 3.89. The first-order valence-corrected chi connectivity index (χ1v) is 5.40. The van der Waals surface area contributed by atoms with Gasteiger partial charge < -0.3 is 10.5 Å². The van der Waals surface area contributed by atoms with Crippen LogP contribution in [-0.2, 0) is 0 Å². The highest BCUT2D eigenvalue weighted by Crippen LogP contribution is 2.24. The van der Waals surface area contributed by atoms with Crippen LogP contribution in [0.3, 0.4) is 0 Å². The van der Waals surface area contributed by atoms with Gasteiger partial charge in [0.15, 0.2) is 11.6 Å². The van der Waals surface area contributed by atoms with Gasteiger partial charge in [0.2, 0.25) is 5.88 Å². The van der Waals surface area contributed by atoms with Crippen molar-refractivity contribution in [2.75, 3.05) is 0 Å². The van der Waals surface area contributed by atoms with E-state index >= 15 is 0 Å². The van der Waals surface area contributed by atoms with Gasteiger partial charge in [0.1, 0.15) is 5.82 Å². The van der Waals surface area contributed by atoms with Crippen molar-refractivity contribution in [3.8, 4) is 11.6 Å². The Labute approximate surface area is 103 Å². The van der Waals surface area contributed by atoms with Gasteiger partial charge >= 0.3 is 0 Å². The van der Waals surface area contributed by atoms with Crippen molar-refractivity contribution in [1.82, 2.24) is 4.98 Å². The summed E-state index contributed by atoms with van der Waals surface area (Å²) < 4.78 is 31.4. The maximum atomic E-state index is 13.4. The normalized spacial score (nSPS) is 12.2. The minimum atomic E-state index is -0.775. The molecule has 0 spiro atoms. The van der Waals surface area contributed by atoms with Crippen LogP contribution in [0.4, 0.5) is 8.78 Å². The molecule has 0 radical (unpaired) electrons. The maximum Gasteiger partial charge on any atom is 0.219 e. The van der Waals surface area contributed by atoms with Crippen LogP contribution in [0.1, 0.15) is 18.5 Å². The van der Waals surface area contributed by atoms with Crippen LogP contribution in [0, 0.1) is 11.6 Å². The molecule has 3 nitrogen and oxygen atoms in total. The molecule has 1 aromatic carbocycles. The SMILES string of the molecule is CC(N)c1ccnc(Oc2ccc(F)cc2F)c1. The fraction of sp³-hybridized carbons (Fsp3) is 0.154. The first kappa shape index (κ1) is 12.4. The summed E-state index contributed by atoms with van der Waals surface area (Å²) in [5, 5.41) is 0. The third-order valence-electron chi connectivity index (χ3n) is 2.39. The summed E-state index contributed by atoms with van der Waals surface area (Å²) >= 11 is 0. The lowest BCUT2D eigenvalue weighted by Crippen LogP contribution is -2.05. The Hall–Kier alpha value is -2.01. The molecular weight excluding hydrogens is 238 g/mol. The van der Waals surface area contributed by atoms with E-state index in [0.717, 1.165) is 17.7 Å². The van der Waals surface area contributed by atoms with Gasteiger partial charge in [0.05, 0.1) is 0 Å². The number of halogens is 2. The molecule has 1 unspecified atom stereocenters. The summed E-state index contributed by atoms with van der Waals surface area (Å²) in [7, 11) is 0. The van der Waals surface area contributed by atoms with Gasteiger partial charge in [-0.2, -0.15) is 0 Å². The Bertz CT molecular complexity index is 558. The smallest absolute Gasteiger partial charge is 0.219 e. The van der Waals surface area contributed by atoms with Gasteiger partial charge in [-0.25, -0.2) is 13.8 Å². The monoisotopic (exact) mass is 250 g/mol. The minimum absolute atomic E-state index is 0.0780. The van der Waals surface area contributed by atoms with Gasteiger partial charge in [-0.15, -0.1) is 0 Å². The van der Waals surface area contributed by atoms with Gasteiger partial charge in [-0.1, -0.05) is 0 Å². The summed E-state index contributed by atoms with van der Waals surface area (Å²) in [5.74, 6) is -1.29. The molecule has 0 amide bonds. The topological polar surface area (TPSA) is 48.1 Å². The zero-order valence-corrected chi connectivity index (χ0v) is 9.73. The molecule has 0 saturated heterocycles. The zero-order chi connectivity index (χ0) is 13.1. The molecule has 1 atom stereocenters. The van der Waals surface area contributed by atoms with E-state index in [0.29, 0.717) is 0 Å². The second kappa shape index (κ2) is 5.10. The highest BCUT2D eigenvalue weighted by molar-refractivity contribution is 5.31. The van der Waals surface area contributed by atoms with Crippen molar-refractivity contribution in [3.63, 3.8) is 0 Å². The Balaban J connectivity index is 2.25. The zero-order valence-electron chi connectivity index (χ0n) is 9.73. The lowest BCUT2D eigenvalue weighted by atomic mass is 10.1. The molecule has 0 aliphatic heterocycles. The first-order chi connectivity index (χ1) is 8.56. The lowest BCUT2D eigenvalue weighted by Gasteiger charge is -2.09. The van der Waals surface area contributed by atoms with Gasteiger partial charge in [0, 0.05) is 24.4 Å². The van der Waals surface area contributed by atoms with E-state index in [1.54, 1.807) is 12.1 Å². The molecule has 1 aromatic heterocycles. The summed E-state index contributed by atoms with van der Waals surface area (Å²) in [6, 6.07) is 6.28. The van der Waals surface area contributed by atoms with E-state index in [2.05, 4.69) is 4.98 Å². The number of hydrogen-bond donors (Lipinski definition) is 1. The highest BCUT2D eigenvalue weighted by Gasteiger charge is 2.08. The fourth-order valence-corrected chi connectivity index (χ4v) is 1.43. The third-order valence-corrected chi connectivity index (χ3v) is 2.39. The molecule has 2 aromatic rings. The fourth-order valence-electron chi connectivity index (χ4n) is 1.43. The Morgan fingerprint density at radius 3 is 2.67 bits per heavy atom. The number of nitrogens with two attached hydrogens (primary N) is 1. The molecule has 0 aliphatic carbocycles. The number of hydrogen-bond acceptors (Lipinski definition) is 3. The van der Waals surface area contributed by atoms with E-state index in [9.17, 15) is 8.78 Å². The van der Waals surface area contributed by atoms with Crippen LogP contribution >= 0.6 is 0 Å². The number of ether oxygens (including phenoxy) is 1. The van der Waals surface area contributed by atoms with E-state index in [-0.39, 0.29) is 17.7 Å². The van der Waals surface area contributed by atoms with Crippen molar-refractivity contribution in [2.45, 2.75) is 13.0 Å². The number of nitrogens with zero attached hydrogens (tertiary/aromatic N) is 1. The summed E-state index contributed by atoms with van der Waals surface area (Å²) in [6.07, 6.45) is 1.52. The summed E-state index contributed by atoms with van der Waals surface area (Å²) in [6.45, 7) is 1.82. The molecule has 0 bridgehead atoms. The predicted octanol–water partition coefficient (Wildman–Crippen LogP) is 3.17. The Kier molecular flexibility index (Phi) is 3.53. The molecule has 1 heterocycles. The maximum absolute atomic E-state index is 13.4. The molecule has 0 saturated carbocycles. The predicted molar refractivity (Wildman–Crippen MR) is 63.3 cm³/mol. The lowest BCUT2D eigenvalue weighted by molar-refractivity contribution is 0.423. The van der Waals surface area contributed by atoms with Crippen molar-refractivity contribution >= 4 is 0 Å². The van der Waals surface area contributed by atoms with Gasteiger partial charge in [0.25, 0.3) is 0 Å². The third kappa shape index (κ3) is 2.81. The molecule has 2 rings (SSSR count). The van der Waals surface area contributed by atoms with E-state index in [1.165, 1.54) is 12.3 Å². The number of aromatic nitrogens is 1. The molecule has 18 heavy (non-hydrogen) atoms. The van der Waals surface area contributed by atoms with Gasteiger partial charge in [-0.3, -0.25) is 0 Å². The average Bonchev–Trinajstić information content (AvgIpc) is 2.33. The van der Waals surface area contributed by atoms with Crippen molar-refractivity contribution in [3.05, 3.63) is 53.7 Å². The minimum Gasteiger partial charge on any atom is -0.436 e. The van der Waals surface area contributed by atoms with Crippen LogP contribution in [0.25, 0.3) is 0 Å². The van der Waals surface area contributed by atoms with E-state index in [1.807, 2.05) is 6.92 Å². The molecule has 5 heteroatoms. The standard InChI is InChI=1S/C13H12F2N2O/c1-8(16)9-4-5-17-13(6-9)18-12-3-2-10(14)7-11(12)15/h2-8H,16H2,1H3. The Morgan fingerprint density at radius 1 is 1.22 bits per heavy atom. The van der Waals surface area contributed by atoms with Crippen LogP contribution in [0.2, 0.25) is 0 Å². The van der Waals surface area contributed by atoms with Crippen LogP contribution in [0.15, 0.2) is 36.5 Å².